The van der Waals surface area contributed by atoms with Crippen LogP contribution in [0.1, 0.15) is 30.4 Å². The van der Waals surface area contributed by atoms with E-state index in [0.717, 1.165) is 16.7 Å². The minimum atomic E-state index is -0.486. The molecule has 1 unspecified atom stereocenters. The molecule has 132 valence electrons. The van der Waals surface area contributed by atoms with Crippen LogP contribution in [0, 0.1) is 5.82 Å². The first-order chi connectivity index (χ1) is 12.7. The zero-order valence-corrected chi connectivity index (χ0v) is 14.8. The molecule has 0 saturated heterocycles. The molecule has 1 atom stereocenters. The van der Waals surface area contributed by atoms with Gasteiger partial charge in [0, 0.05) is 12.1 Å². The Kier molecular flexibility index (Phi) is 5.80. The van der Waals surface area contributed by atoms with Gasteiger partial charge >= 0.3 is 0 Å². The van der Waals surface area contributed by atoms with Crippen LogP contribution in [0.25, 0.3) is 11.1 Å². The highest BCUT2D eigenvalue weighted by Gasteiger charge is 2.21. The molecule has 0 bridgehead atoms. The molecule has 0 saturated carbocycles. The third-order valence-electron chi connectivity index (χ3n) is 4.56. The molecule has 0 radical (unpaired) electrons. The summed E-state index contributed by atoms with van der Waals surface area (Å²) in [6, 6.07) is 24.6. The smallest absolute Gasteiger partial charge is 0.227 e. The van der Waals surface area contributed by atoms with Crippen LogP contribution in [-0.2, 0) is 11.3 Å². The van der Waals surface area contributed by atoms with E-state index >= 15 is 0 Å². The fourth-order valence-electron chi connectivity index (χ4n) is 3.18. The Labute approximate surface area is 153 Å². The highest BCUT2D eigenvalue weighted by Crippen LogP contribution is 2.25. The van der Waals surface area contributed by atoms with Gasteiger partial charge in [-0.1, -0.05) is 79.7 Å². The lowest BCUT2D eigenvalue weighted by molar-refractivity contribution is -0.122. The molecular weight excluding hydrogens is 325 g/mol. The van der Waals surface area contributed by atoms with Gasteiger partial charge in [-0.15, -0.1) is 0 Å². The SMILES string of the molecule is CCC(C(=O)NCc1ccccc1-c1ccccc1)c1ccccc1F. The van der Waals surface area contributed by atoms with E-state index in [4.69, 9.17) is 0 Å². The number of halogens is 1. The number of hydrogen-bond donors (Lipinski definition) is 1. The van der Waals surface area contributed by atoms with E-state index in [1.54, 1.807) is 18.2 Å². The van der Waals surface area contributed by atoms with Gasteiger partial charge in [-0.25, -0.2) is 4.39 Å². The summed E-state index contributed by atoms with van der Waals surface area (Å²) < 4.78 is 14.1. The summed E-state index contributed by atoms with van der Waals surface area (Å²) in [5, 5.41) is 2.98. The van der Waals surface area contributed by atoms with Crippen LogP contribution in [0.2, 0.25) is 0 Å². The predicted octanol–water partition coefficient (Wildman–Crippen LogP) is 5.30. The summed E-state index contributed by atoms with van der Waals surface area (Å²) in [6.45, 7) is 2.31. The van der Waals surface area contributed by atoms with Crippen LogP contribution < -0.4 is 5.32 Å². The molecule has 3 aromatic carbocycles. The molecular formula is C23H22FNO. The molecule has 0 spiro atoms. The van der Waals surface area contributed by atoms with Gasteiger partial charge in [0.05, 0.1) is 5.92 Å². The Morgan fingerprint density at radius 1 is 0.923 bits per heavy atom. The van der Waals surface area contributed by atoms with Crippen molar-refractivity contribution in [3.8, 4) is 11.1 Å². The number of hydrogen-bond acceptors (Lipinski definition) is 1. The number of amides is 1. The Hall–Kier alpha value is -2.94. The number of benzene rings is 3. The Bertz CT molecular complexity index is 876. The van der Waals surface area contributed by atoms with E-state index in [1.807, 2.05) is 49.4 Å². The maximum absolute atomic E-state index is 14.1. The predicted molar refractivity (Wildman–Crippen MR) is 103 cm³/mol. The highest BCUT2D eigenvalue weighted by molar-refractivity contribution is 5.84. The topological polar surface area (TPSA) is 29.1 Å². The van der Waals surface area contributed by atoms with E-state index in [2.05, 4.69) is 17.4 Å². The fraction of sp³-hybridized carbons (Fsp3) is 0.174. The van der Waals surface area contributed by atoms with Gasteiger partial charge in [0.1, 0.15) is 5.82 Å². The second-order valence-electron chi connectivity index (χ2n) is 6.22. The lowest BCUT2D eigenvalue weighted by Gasteiger charge is -2.17. The first-order valence-corrected chi connectivity index (χ1v) is 8.86. The Balaban J connectivity index is 1.77. The third-order valence-corrected chi connectivity index (χ3v) is 4.56. The second kappa shape index (κ2) is 8.43. The van der Waals surface area contributed by atoms with Crippen LogP contribution in [0.3, 0.4) is 0 Å². The summed E-state index contributed by atoms with van der Waals surface area (Å²) in [5.74, 6) is -0.972. The molecule has 3 aromatic rings. The minimum absolute atomic E-state index is 0.152. The highest BCUT2D eigenvalue weighted by atomic mass is 19.1. The van der Waals surface area contributed by atoms with Gasteiger partial charge < -0.3 is 5.32 Å². The van der Waals surface area contributed by atoms with E-state index in [9.17, 15) is 9.18 Å². The molecule has 2 nitrogen and oxygen atoms in total. The van der Waals surface area contributed by atoms with Crippen molar-refractivity contribution >= 4 is 5.91 Å². The van der Waals surface area contributed by atoms with Crippen LogP contribution in [-0.4, -0.2) is 5.91 Å². The Morgan fingerprint density at radius 3 is 2.31 bits per heavy atom. The quantitative estimate of drug-likeness (QED) is 0.644. The molecule has 0 fully saturated rings. The first kappa shape index (κ1) is 17.9. The maximum atomic E-state index is 14.1. The molecule has 0 aromatic heterocycles. The van der Waals surface area contributed by atoms with Crippen LogP contribution in [0.15, 0.2) is 78.9 Å². The van der Waals surface area contributed by atoms with Crippen LogP contribution in [0.5, 0.6) is 0 Å². The van der Waals surface area contributed by atoms with Crippen molar-refractivity contribution in [2.75, 3.05) is 0 Å². The molecule has 0 aliphatic carbocycles. The molecule has 3 heteroatoms. The summed E-state index contributed by atoms with van der Waals surface area (Å²) in [4.78, 5) is 12.7. The van der Waals surface area contributed by atoms with Gasteiger partial charge in [-0.3, -0.25) is 4.79 Å². The van der Waals surface area contributed by atoms with Gasteiger partial charge in [0.2, 0.25) is 5.91 Å². The van der Waals surface area contributed by atoms with Crippen molar-refractivity contribution < 1.29 is 9.18 Å². The van der Waals surface area contributed by atoms with Gasteiger partial charge in [-0.05, 0) is 29.2 Å². The number of nitrogens with one attached hydrogen (secondary N) is 1. The lowest BCUT2D eigenvalue weighted by Crippen LogP contribution is -2.29. The number of rotatable bonds is 6. The van der Waals surface area contributed by atoms with E-state index in [0.29, 0.717) is 18.5 Å². The summed E-state index contributed by atoms with van der Waals surface area (Å²) in [7, 11) is 0. The number of carbonyl (C=O) groups is 1. The first-order valence-electron chi connectivity index (χ1n) is 8.86. The average Bonchev–Trinajstić information content (AvgIpc) is 2.69. The van der Waals surface area contributed by atoms with Crippen molar-refractivity contribution in [3.63, 3.8) is 0 Å². The molecule has 1 N–H and O–H groups in total. The van der Waals surface area contributed by atoms with Crippen molar-refractivity contribution in [2.24, 2.45) is 0 Å². The summed E-state index contributed by atoms with van der Waals surface area (Å²) >= 11 is 0. The van der Waals surface area contributed by atoms with Crippen molar-refractivity contribution in [1.29, 1.82) is 0 Å². The van der Waals surface area contributed by atoms with Crippen molar-refractivity contribution in [1.82, 2.24) is 5.32 Å². The summed E-state index contributed by atoms with van der Waals surface area (Å²) in [6.07, 6.45) is 0.549. The standard InChI is InChI=1S/C23H22FNO/c1-2-19(21-14-8-9-15-22(21)24)23(26)25-16-18-12-6-7-13-20(18)17-10-4-3-5-11-17/h3-15,19H,2,16H2,1H3,(H,25,26). The molecule has 0 heterocycles. The largest absolute Gasteiger partial charge is 0.351 e. The van der Waals surface area contributed by atoms with Gasteiger partial charge in [0.15, 0.2) is 0 Å². The molecule has 0 aliphatic heterocycles. The van der Waals surface area contributed by atoms with Gasteiger partial charge in [-0.2, -0.15) is 0 Å². The zero-order chi connectivity index (χ0) is 18.4. The second-order valence-corrected chi connectivity index (χ2v) is 6.22. The van der Waals surface area contributed by atoms with Crippen molar-refractivity contribution in [2.45, 2.75) is 25.8 Å². The van der Waals surface area contributed by atoms with Crippen LogP contribution >= 0.6 is 0 Å². The molecule has 0 aliphatic rings. The van der Waals surface area contributed by atoms with Gasteiger partial charge in [0.25, 0.3) is 0 Å². The summed E-state index contributed by atoms with van der Waals surface area (Å²) in [5.41, 5.74) is 3.69. The monoisotopic (exact) mass is 347 g/mol. The average molecular weight is 347 g/mol. The lowest BCUT2D eigenvalue weighted by atomic mass is 9.94. The van der Waals surface area contributed by atoms with Crippen LogP contribution in [0.4, 0.5) is 4.39 Å². The number of carbonyl (C=O) groups excluding carboxylic acids is 1. The normalized spacial score (nSPS) is 11.8. The van der Waals surface area contributed by atoms with E-state index in [1.165, 1.54) is 6.07 Å². The zero-order valence-electron chi connectivity index (χ0n) is 14.8. The Morgan fingerprint density at radius 2 is 1.58 bits per heavy atom. The molecule has 1 amide bonds. The van der Waals surface area contributed by atoms with Crippen molar-refractivity contribution in [3.05, 3.63) is 95.8 Å². The fourth-order valence-corrected chi connectivity index (χ4v) is 3.18. The minimum Gasteiger partial charge on any atom is -0.351 e. The van der Waals surface area contributed by atoms with E-state index < -0.39 is 5.92 Å². The van der Waals surface area contributed by atoms with E-state index in [-0.39, 0.29) is 11.7 Å². The molecule has 26 heavy (non-hydrogen) atoms. The molecule has 3 rings (SSSR count). The third kappa shape index (κ3) is 3.99. The maximum Gasteiger partial charge on any atom is 0.227 e.